The number of hydrogen-bond acceptors (Lipinski definition) is 2. The molecule has 20 heavy (non-hydrogen) atoms. The molecule has 1 unspecified atom stereocenters. The summed E-state index contributed by atoms with van der Waals surface area (Å²) < 4.78 is 14.2. The molecular weight excluding hydrogens is 319 g/mol. The smallest absolute Gasteiger partial charge is 0.123 e. The summed E-state index contributed by atoms with van der Waals surface area (Å²) in [6.07, 6.45) is 0.796. The SMILES string of the molecule is CCC(Nc1ccc(Br)cc1C#N)c1cccc(F)c1. The van der Waals surface area contributed by atoms with Gasteiger partial charge in [0.1, 0.15) is 11.9 Å². The van der Waals surface area contributed by atoms with Crippen LogP contribution in [0.1, 0.15) is 30.5 Å². The van der Waals surface area contributed by atoms with Crippen molar-refractivity contribution in [1.82, 2.24) is 0 Å². The molecule has 2 rings (SSSR count). The maximum atomic E-state index is 13.3. The summed E-state index contributed by atoms with van der Waals surface area (Å²) in [6.45, 7) is 2.02. The molecule has 0 aliphatic carbocycles. The van der Waals surface area contributed by atoms with Crippen LogP contribution in [-0.4, -0.2) is 0 Å². The van der Waals surface area contributed by atoms with Crippen LogP contribution in [0.2, 0.25) is 0 Å². The molecule has 0 aliphatic rings. The quantitative estimate of drug-likeness (QED) is 0.852. The second-order valence-corrected chi connectivity index (χ2v) is 5.38. The first-order valence-electron chi connectivity index (χ1n) is 6.35. The van der Waals surface area contributed by atoms with Crippen molar-refractivity contribution in [3.63, 3.8) is 0 Å². The number of anilines is 1. The molecule has 0 fully saturated rings. The van der Waals surface area contributed by atoms with Crippen LogP contribution in [0.25, 0.3) is 0 Å². The highest BCUT2D eigenvalue weighted by Crippen LogP contribution is 2.27. The van der Waals surface area contributed by atoms with Gasteiger partial charge in [-0.2, -0.15) is 5.26 Å². The highest BCUT2D eigenvalue weighted by molar-refractivity contribution is 9.10. The summed E-state index contributed by atoms with van der Waals surface area (Å²) in [7, 11) is 0. The Kier molecular flexibility index (Phi) is 4.75. The molecular formula is C16H14BrFN2. The fourth-order valence-electron chi connectivity index (χ4n) is 2.07. The highest BCUT2D eigenvalue weighted by atomic mass is 79.9. The molecule has 0 aromatic heterocycles. The fraction of sp³-hybridized carbons (Fsp3) is 0.188. The van der Waals surface area contributed by atoms with Gasteiger partial charge in [0.2, 0.25) is 0 Å². The Balaban J connectivity index is 2.29. The second-order valence-electron chi connectivity index (χ2n) is 4.46. The molecule has 2 nitrogen and oxygen atoms in total. The van der Waals surface area contributed by atoms with Crippen LogP contribution in [0.15, 0.2) is 46.9 Å². The monoisotopic (exact) mass is 332 g/mol. The third-order valence-corrected chi connectivity index (χ3v) is 3.58. The highest BCUT2D eigenvalue weighted by Gasteiger charge is 2.12. The summed E-state index contributed by atoms with van der Waals surface area (Å²) >= 11 is 3.35. The topological polar surface area (TPSA) is 35.8 Å². The molecule has 0 aliphatic heterocycles. The van der Waals surface area contributed by atoms with Crippen molar-refractivity contribution in [2.75, 3.05) is 5.32 Å². The van der Waals surface area contributed by atoms with E-state index in [2.05, 4.69) is 27.3 Å². The third kappa shape index (κ3) is 3.37. The lowest BCUT2D eigenvalue weighted by atomic mass is 10.0. The van der Waals surface area contributed by atoms with Crippen LogP contribution in [0.3, 0.4) is 0 Å². The molecule has 1 atom stereocenters. The molecule has 0 saturated heterocycles. The number of rotatable bonds is 4. The molecule has 2 aromatic rings. The van der Waals surface area contributed by atoms with E-state index in [1.165, 1.54) is 12.1 Å². The number of halogens is 2. The van der Waals surface area contributed by atoms with Crippen molar-refractivity contribution in [3.05, 3.63) is 63.9 Å². The van der Waals surface area contributed by atoms with Crippen LogP contribution in [0, 0.1) is 17.1 Å². The maximum Gasteiger partial charge on any atom is 0.123 e. The summed E-state index contributed by atoms with van der Waals surface area (Å²) in [5.41, 5.74) is 2.19. The van der Waals surface area contributed by atoms with Crippen molar-refractivity contribution in [2.24, 2.45) is 0 Å². The van der Waals surface area contributed by atoms with E-state index in [-0.39, 0.29) is 11.9 Å². The molecule has 1 N–H and O–H groups in total. The number of nitrogens with zero attached hydrogens (tertiary/aromatic N) is 1. The van der Waals surface area contributed by atoms with Crippen LogP contribution in [-0.2, 0) is 0 Å². The minimum atomic E-state index is -0.251. The fourth-order valence-corrected chi connectivity index (χ4v) is 2.43. The van der Waals surface area contributed by atoms with Crippen LogP contribution >= 0.6 is 15.9 Å². The van der Waals surface area contributed by atoms with E-state index in [0.717, 1.165) is 22.1 Å². The van der Waals surface area contributed by atoms with Gasteiger partial charge in [-0.15, -0.1) is 0 Å². The molecule has 2 aromatic carbocycles. The van der Waals surface area contributed by atoms with Crippen molar-refractivity contribution in [2.45, 2.75) is 19.4 Å². The van der Waals surface area contributed by atoms with Gasteiger partial charge >= 0.3 is 0 Å². The number of nitriles is 1. The average Bonchev–Trinajstić information content (AvgIpc) is 2.45. The Bertz CT molecular complexity index is 649. The van der Waals surface area contributed by atoms with Crippen LogP contribution in [0.4, 0.5) is 10.1 Å². The zero-order chi connectivity index (χ0) is 14.5. The molecule has 102 valence electrons. The maximum absolute atomic E-state index is 13.3. The molecule has 0 heterocycles. The van der Waals surface area contributed by atoms with Gasteiger partial charge in [0.15, 0.2) is 0 Å². The Labute approximate surface area is 126 Å². The summed E-state index contributed by atoms with van der Waals surface area (Å²) in [5.74, 6) is -0.251. The van der Waals surface area contributed by atoms with E-state index in [0.29, 0.717) is 5.56 Å². The Hall–Kier alpha value is -1.86. The summed E-state index contributed by atoms with van der Waals surface area (Å²) in [4.78, 5) is 0. The van der Waals surface area contributed by atoms with Gasteiger partial charge in [-0.25, -0.2) is 4.39 Å². The number of benzene rings is 2. The molecule has 0 bridgehead atoms. The van der Waals surface area contributed by atoms with Gasteiger partial charge in [0.25, 0.3) is 0 Å². The van der Waals surface area contributed by atoms with Crippen LogP contribution in [0.5, 0.6) is 0 Å². The molecule has 0 saturated carbocycles. The molecule has 0 amide bonds. The molecule has 0 spiro atoms. The van der Waals surface area contributed by atoms with Gasteiger partial charge in [0, 0.05) is 4.47 Å². The zero-order valence-corrected chi connectivity index (χ0v) is 12.6. The van der Waals surface area contributed by atoms with Gasteiger partial charge < -0.3 is 5.32 Å². The normalized spacial score (nSPS) is 11.7. The van der Waals surface area contributed by atoms with Crippen LogP contribution < -0.4 is 5.32 Å². The lowest BCUT2D eigenvalue weighted by molar-refractivity contribution is 0.621. The lowest BCUT2D eigenvalue weighted by Gasteiger charge is -2.19. The first kappa shape index (κ1) is 14.5. The van der Waals surface area contributed by atoms with Gasteiger partial charge in [0.05, 0.1) is 17.3 Å². The van der Waals surface area contributed by atoms with Crippen molar-refractivity contribution < 1.29 is 4.39 Å². The van der Waals surface area contributed by atoms with E-state index in [1.54, 1.807) is 12.1 Å². The van der Waals surface area contributed by atoms with Crippen molar-refractivity contribution >= 4 is 21.6 Å². The van der Waals surface area contributed by atoms with E-state index in [4.69, 9.17) is 0 Å². The third-order valence-electron chi connectivity index (χ3n) is 3.09. The largest absolute Gasteiger partial charge is 0.377 e. The van der Waals surface area contributed by atoms with E-state index >= 15 is 0 Å². The number of hydrogen-bond donors (Lipinski definition) is 1. The summed E-state index contributed by atoms with van der Waals surface area (Å²) in [5, 5.41) is 12.5. The Morgan fingerprint density at radius 1 is 1.30 bits per heavy atom. The summed E-state index contributed by atoms with van der Waals surface area (Å²) in [6, 6.07) is 14.2. The van der Waals surface area contributed by atoms with E-state index in [1.807, 2.05) is 25.1 Å². The number of nitrogens with one attached hydrogen (secondary N) is 1. The zero-order valence-electron chi connectivity index (χ0n) is 11.0. The predicted octanol–water partition coefficient (Wildman–Crippen LogP) is 5.02. The van der Waals surface area contributed by atoms with Gasteiger partial charge in [-0.05, 0) is 42.3 Å². The van der Waals surface area contributed by atoms with E-state index in [9.17, 15) is 9.65 Å². The molecule has 4 heteroatoms. The Morgan fingerprint density at radius 3 is 2.75 bits per heavy atom. The average molecular weight is 333 g/mol. The standard InChI is InChI=1S/C16H14BrFN2/c1-2-15(11-4-3-5-14(18)9-11)20-16-7-6-13(17)8-12(16)10-19/h3-9,15,20H,2H2,1H3. The molecule has 0 radical (unpaired) electrons. The first-order valence-corrected chi connectivity index (χ1v) is 7.15. The van der Waals surface area contributed by atoms with Gasteiger partial charge in [-0.1, -0.05) is 35.0 Å². The van der Waals surface area contributed by atoms with Crippen molar-refractivity contribution in [3.8, 4) is 6.07 Å². The lowest BCUT2D eigenvalue weighted by Crippen LogP contribution is -2.11. The second kappa shape index (κ2) is 6.53. The van der Waals surface area contributed by atoms with E-state index < -0.39 is 0 Å². The minimum absolute atomic E-state index is 0.0287. The minimum Gasteiger partial charge on any atom is -0.377 e. The predicted molar refractivity (Wildman–Crippen MR) is 81.9 cm³/mol. The Morgan fingerprint density at radius 2 is 2.10 bits per heavy atom. The van der Waals surface area contributed by atoms with Crippen molar-refractivity contribution in [1.29, 1.82) is 5.26 Å². The first-order chi connectivity index (χ1) is 9.63. The van der Waals surface area contributed by atoms with Gasteiger partial charge in [-0.3, -0.25) is 0 Å².